The second kappa shape index (κ2) is 11.2. The molecule has 2 aromatic rings. The Morgan fingerprint density at radius 3 is 2.58 bits per heavy atom. The van der Waals surface area contributed by atoms with Gasteiger partial charge in [0, 0.05) is 43.6 Å². The van der Waals surface area contributed by atoms with Gasteiger partial charge in [-0.3, -0.25) is 9.59 Å². The zero-order valence-electron chi connectivity index (χ0n) is 25.1. The highest BCUT2D eigenvalue weighted by atomic mass is 16.6. The smallest absolute Gasteiger partial charge is 0.410 e. The third-order valence-electron chi connectivity index (χ3n) is 8.89. The van der Waals surface area contributed by atoms with Crippen molar-refractivity contribution < 1.29 is 23.9 Å². The van der Waals surface area contributed by atoms with Gasteiger partial charge in [0.05, 0.1) is 11.5 Å². The molecule has 0 unspecified atom stereocenters. The summed E-state index contributed by atoms with van der Waals surface area (Å²) >= 11 is 0. The van der Waals surface area contributed by atoms with Crippen molar-refractivity contribution in [3.05, 3.63) is 53.2 Å². The second-order valence-electron chi connectivity index (χ2n) is 13.1. The summed E-state index contributed by atoms with van der Waals surface area (Å²) in [5.41, 5.74) is 2.31. The standard InChI is InChI=1S/C32H40N6O5/c1-31(2,3)43-30(42)37-15-7-8-24(19-37)38(29(41)36-13-4-5-14-36)20-26(39)34-23-11-10-21-17-32(18-22(21)16-23)25-9-6-12-33-27(25)35-28(32)40/h6,9-12,16,24H,4-5,7-8,13-15,17-20H2,1-3H3,(H,34,39)(H,33,35,40)/t24-,32+/m0/s1. The van der Waals surface area contributed by atoms with Crippen molar-refractivity contribution in [1.82, 2.24) is 19.7 Å². The summed E-state index contributed by atoms with van der Waals surface area (Å²) in [6, 6.07) is 9.09. The van der Waals surface area contributed by atoms with Gasteiger partial charge in [0.2, 0.25) is 11.8 Å². The van der Waals surface area contributed by atoms with E-state index in [0.29, 0.717) is 63.4 Å². The molecule has 2 atom stereocenters. The van der Waals surface area contributed by atoms with Crippen molar-refractivity contribution in [3.63, 3.8) is 0 Å². The van der Waals surface area contributed by atoms with E-state index in [1.54, 1.807) is 20.9 Å². The maximum absolute atomic E-state index is 13.7. The first-order valence-electron chi connectivity index (χ1n) is 15.2. The van der Waals surface area contributed by atoms with Crippen LogP contribution in [0, 0.1) is 0 Å². The molecule has 4 heterocycles. The molecule has 4 aliphatic rings. The third-order valence-corrected chi connectivity index (χ3v) is 8.89. The van der Waals surface area contributed by atoms with Crippen molar-refractivity contribution in [2.24, 2.45) is 0 Å². The molecule has 2 saturated heterocycles. The molecule has 11 nitrogen and oxygen atoms in total. The number of anilines is 2. The summed E-state index contributed by atoms with van der Waals surface area (Å²) in [4.78, 5) is 62.4. The van der Waals surface area contributed by atoms with Crippen LogP contribution in [0.25, 0.3) is 0 Å². The van der Waals surface area contributed by atoms with Gasteiger partial charge in [-0.25, -0.2) is 14.6 Å². The number of benzene rings is 1. The SMILES string of the molecule is CC(C)(C)OC(=O)N1CCC[C@H](N(CC(=O)Nc2ccc3c(c2)C[C@@]2(C3)C(=O)Nc3ncccc32)C(=O)N2CCCC2)C1. The van der Waals surface area contributed by atoms with Gasteiger partial charge in [0.25, 0.3) is 0 Å². The number of urea groups is 1. The number of aromatic nitrogens is 1. The molecule has 228 valence electrons. The lowest BCUT2D eigenvalue weighted by Gasteiger charge is -2.40. The van der Waals surface area contributed by atoms with Crippen LogP contribution in [0.4, 0.5) is 21.1 Å². The van der Waals surface area contributed by atoms with Gasteiger partial charge in [0.15, 0.2) is 0 Å². The highest BCUT2D eigenvalue weighted by Gasteiger charge is 2.51. The van der Waals surface area contributed by atoms with Crippen molar-refractivity contribution in [1.29, 1.82) is 0 Å². The fourth-order valence-corrected chi connectivity index (χ4v) is 6.84. The number of nitrogens with zero attached hydrogens (tertiary/aromatic N) is 4. The van der Waals surface area contributed by atoms with Crippen LogP contribution in [0.1, 0.15) is 63.1 Å². The number of fused-ring (bicyclic) bond motifs is 3. The molecule has 5 amide bonds. The molecule has 1 aromatic heterocycles. The van der Waals surface area contributed by atoms with Crippen molar-refractivity contribution >= 4 is 35.4 Å². The summed E-state index contributed by atoms with van der Waals surface area (Å²) in [6.07, 6.45) is 5.67. The Morgan fingerprint density at radius 1 is 1.07 bits per heavy atom. The lowest BCUT2D eigenvalue weighted by Crippen LogP contribution is -2.56. The van der Waals surface area contributed by atoms with Crippen LogP contribution >= 0.6 is 0 Å². The first kappa shape index (κ1) is 28.9. The van der Waals surface area contributed by atoms with Gasteiger partial charge in [0.1, 0.15) is 18.0 Å². The second-order valence-corrected chi connectivity index (χ2v) is 13.1. The van der Waals surface area contributed by atoms with Crippen LogP contribution in [0.2, 0.25) is 0 Å². The molecule has 3 aliphatic heterocycles. The number of carbonyl (C=O) groups is 4. The van der Waals surface area contributed by atoms with Crippen LogP contribution in [0.5, 0.6) is 0 Å². The van der Waals surface area contributed by atoms with Gasteiger partial charge >= 0.3 is 12.1 Å². The van der Waals surface area contributed by atoms with E-state index in [-0.39, 0.29) is 30.4 Å². The van der Waals surface area contributed by atoms with E-state index in [1.807, 2.05) is 51.1 Å². The first-order valence-corrected chi connectivity index (χ1v) is 15.2. The minimum absolute atomic E-state index is 0.0491. The quantitative estimate of drug-likeness (QED) is 0.558. The van der Waals surface area contributed by atoms with Crippen molar-refractivity contribution in [2.45, 2.75) is 76.4 Å². The Bertz CT molecular complexity index is 1450. The van der Waals surface area contributed by atoms with Crippen LogP contribution in [-0.2, 0) is 32.6 Å². The van der Waals surface area contributed by atoms with Crippen LogP contribution in [0.15, 0.2) is 36.5 Å². The molecule has 1 aromatic carbocycles. The Labute approximate surface area is 251 Å². The Hall–Kier alpha value is -4.15. The minimum Gasteiger partial charge on any atom is -0.444 e. The summed E-state index contributed by atoms with van der Waals surface area (Å²) < 4.78 is 5.59. The lowest BCUT2D eigenvalue weighted by molar-refractivity contribution is -0.120. The van der Waals surface area contributed by atoms with E-state index in [0.717, 1.165) is 29.5 Å². The largest absolute Gasteiger partial charge is 0.444 e. The Morgan fingerprint density at radius 2 is 1.81 bits per heavy atom. The number of piperidine rings is 1. The monoisotopic (exact) mass is 588 g/mol. The summed E-state index contributed by atoms with van der Waals surface area (Å²) in [7, 11) is 0. The third kappa shape index (κ3) is 5.77. The summed E-state index contributed by atoms with van der Waals surface area (Å²) in [5, 5.41) is 5.92. The zero-order valence-corrected chi connectivity index (χ0v) is 25.1. The van der Waals surface area contributed by atoms with Gasteiger partial charge < -0.3 is 30.1 Å². The topological polar surface area (TPSA) is 124 Å². The molecular weight excluding hydrogens is 548 g/mol. The molecule has 1 aliphatic carbocycles. The van der Waals surface area contributed by atoms with E-state index in [2.05, 4.69) is 15.6 Å². The molecular formula is C32H40N6O5. The number of likely N-dealkylation sites (tertiary alicyclic amines) is 2. The molecule has 0 saturated carbocycles. The van der Waals surface area contributed by atoms with E-state index in [9.17, 15) is 19.2 Å². The number of rotatable bonds is 4. The lowest BCUT2D eigenvalue weighted by atomic mass is 9.79. The number of carbonyl (C=O) groups excluding carboxylic acids is 4. The van der Waals surface area contributed by atoms with Crippen LogP contribution in [-0.4, -0.2) is 88.0 Å². The van der Waals surface area contributed by atoms with Crippen molar-refractivity contribution in [3.8, 4) is 0 Å². The maximum Gasteiger partial charge on any atom is 0.410 e. The van der Waals surface area contributed by atoms with Gasteiger partial charge in [-0.2, -0.15) is 0 Å². The first-order chi connectivity index (χ1) is 20.5. The molecule has 2 fully saturated rings. The van der Waals surface area contributed by atoms with E-state index < -0.39 is 17.1 Å². The molecule has 11 heteroatoms. The van der Waals surface area contributed by atoms with Gasteiger partial charge in [-0.15, -0.1) is 0 Å². The fourth-order valence-electron chi connectivity index (χ4n) is 6.84. The fraction of sp³-hybridized carbons (Fsp3) is 0.531. The van der Waals surface area contributed by atoms with E-state index in [4.69, 9.17) is 4.74 Å². The van der Waals surface area contributed by atoms with Crippen LogP contribution in [0.3, 0.4) is 0 Å². The number of ether oxygens (including phenoxy) is 1. The highest BCUT2D eigenvalue weighted by molar-refractivity contribution is 6.06. The maximum atomic E-state index is 13.7. The average molecular weight is 589 g/mol. The molecule has 0 bridgehead atoms. The number of hydrogen-bond donors (Lipinski definition) is 2. The van der Waals surface area contributed by atoms with Crippen LogP contribution < -0.4 is 10.6 Å². The molecule has 2 N–H and O–H groups in total. The summed E-state index contributed by atoms with van der Waals surface area (Å²) in [6.45, 7) is 7.58. The average Bonchev–Trinajstić information content (AvgIpc) is 3.69. The molecule has 6 rings (SSSR count). The minimum atomic E-state index is -0.686. The predicted molar refractivity (Wildman–Crippen MR) is 161 cm³/mol. The normalized spacial score (nSPS) is 22.7. The predicted octanol–water partition coefficient (Wildman–Crippen LogP) is 3.93. The number of amides is 5. The highest BCUT2D eigenvalue weighted by Crippen LogP contribution is 2.47. The zero-order chi connectivity index (χ0) is 30.4. The van der Waals surface area contributed by atoms with E-state index in [1.165, 1.54) is 0 Å². The van der Waals surface area contributed by atoms with Gasteiger partial charge in [-0.1, -0.05) is 12.1 Å². The van der Waals surface area contributed by atoms with Gasteiger partial charge in [-0.05, 0) is 88.6 Å². The Kier molecular flexibility index (Phi) is 7.52. The van der Waals surface area contributed by atoms with Crippen molar-refractivity contribution in [2.75, 3.05) is 43.4 Å². The summed E-state index contributed by atoms with van der Waals surface area (Å²) in [5.74, 6) is 0.263. The number of pyridine rings is 1. The van der Waals surface area contributed by atoms with E-state index >= 15 is 0 Å². The number of hydrogen-bond acceptors (Lipinski definition) is 6. The number of nitrogens with one attached hydrogen (secondary N) is 2. The molecule has 43 heavy (non-hydrogen) atoms. The molecule has 1 spiro atoms. The molecule has 0 radical (unpaired) electrons. The Balaban J connectivity index is 1.16.